The fourth-order valence-electron chi connectivity index (χ4n) is 2.36. The zero-order valence-electron chi connectivity index (χ0n) is 9.87. The van der Waals surface area contributed by atoms with Crippen LogP contribution in [0.3, 0.4) is 0 Å². The molecule has 0 spiro atoms. The first-order chi connectivity index (χ1) is 8.10. The van der Waals surface area contributed by atoms with E-state index >= 15 is 0 Å². The number of nitrogens with zero attached hydrogens (tertiary/aromatic N) is 1. The smallest absolute Gasteiger partial charge is 0.171 e. The van der Waals surface area contributed by atoms with Gasteiger partial charge in [-0.15, -0.1) is 0 Å². The molecule has 0 aliphatic heterocycles. The molecule has 90 valence electrons. The van der Waals surface area contributed by atoms with Crippen LogP contribution in [0.2, 0.25) is 5.02 Å². The zero-order valence-corrected chi connectivity index (χ0v) is 10.6. The molecule has 17 heavy (non-hydrogen) atoms. The molecule has 1 aromatic carbocycles. The largest absolute Gasteiger partial charge is 0.353 e. The van der Waals surface area contributed by atoms with Crippen LogP contribution in [0, 0.1) is 11.3 Å². The fraction of sp³-hybridized carbons (Fsp3) is 0.462. The molecule has 3 nitrogen and oxygen atoms in total. The molecule has 4 heteroatoms. The first-order valence-electron chi connectivity index (χ1n) is 5.37. The highest BCUT2D eigenvalue weighted by Crippen LogP contribution is 2.52. The van der Waals surface area contributed by atoms with E-state index in [4.69, 9.17) is 21.1 Å². The quantitative estimate of drug-likeness (QED) is 0.776. The summed E-state index contributed by atoms with van der Waals surface area (Å²) in [4.78, 5) is 0. The lowest BCUT2D eigenvalue weighted by molar-refractivity contribution is -0.269. The molecule has 0 aromatic heterocycles. The Bertz CT molecular complexity index is 437. The lowest BCUT2D eigenvalue weighted by atomic mass is 9.61. The van der Waals surface area contributed by atoms with Gasteiger partial charge in [-0.3, -0.25) is 0 Å². The van der Waals surface area contributed by atoms with E-state index in [-0.39, 0.29) is 0 Å². The first kappa shape index (κ1) is 12.4. The summed E-state index contributed by atoms with van der Waals surface area (Å²) >= 11 is 5.84. The van der Waals surface area contributed by atoms with Crippen LogP contribution in [0.25, 0.3) is 0 Å². The number of methoxy groups -OCH3 is 2. The number of hydrogen-bond acceptors (Lipinski definition) is 3. The summed E-state index contributed by atoms with van der Waals surface area (Å²) in [6.07, 6.45) is 1.09. The Morgan fingerprint density at radius 1 is 1.18 bits per heavy atom. The third-order valence-electron chi connectivity index (χ3n) is 3.50. The van der Waals surface area contributed by atoms with Crippen molar-refractivity contribution in [3.05, 3.63) is 34.9 Å². The molecule has 0 radical (unpaired) electrons. The summed E-state index contributed by atoms with van der Waals surface area (Å²) in [6.45, 7) is 0. The Hall–Kier alpha value is -1.08. The van der Waals surface area contributed by atoms with Crippen LogP contribution in [0.5, 0.6) is 0 Å². The Kier molecular flexibility index (Phi) is 3.13. The van der Waals surface area contributed by atoms with Crippen LogP contribution in [-0.2, 0) is 14.9 Å². The average Bonchev–Trinajstić information content (AvgIpc) is 2.32. The standard InChI is InChI=1S/C13H14ClNO2/c1-16-13(17-2)7-12(8-13,9-15)10-3-5-11(14)6-4-10/h3-6H,7-8H2,1-2H3. The van der Waals surface area contributed by atoms with E-state index in [1.54, 1.807) is 26.4 Å². The van der Waals surface area contributed by atoms with Crippen LogP contribution >= 0.6 is 11.6 Å². The number of halogens is 1. The van der Waals surface area contributed by atoms with Crippen molar-refractivity contribution < 1.29 is 9.47 Å². The van der Waals surface area contributed by atoms with Gasteiger partial charge in [0.05, 0.1) is 11.5 Å². The lowest BCUT2D eigenvalue weighted by Gasteiger charge is -2.50. The zero-order chi connectivity index (χ0) is 12.5. The molecular formula is C13H14ClNO2. The van der Waals surface area contributed by atoms with Crippen LogP contribution in [0.4, 0.5) is 0 Å². The third-order valence-corrected chi connectivity index (χ3v) is 3.75. The molecule has 2 rings (SSSR count). The predicted octanol–water partition coefficient (Wildman–Crippen LogP) is 2.88. The van der Waals surface area contributed by atoms with E-state index in [1.807, 2.05) is 12.1 Å². The molecule has 0 unspecified atom stereocenters. The monoisotopic (exact) mass is 251 g/mol. The van der Waals surface area contributed by atoms with Gasteiger partial charge in [-0.05, 0) is 17.7 Å². The predicted molar refractivity (Wildman–Crippen MR) is 64.7 cm³/mol. The second kappa shape index (κ2) is 4.30. The highest BCUT2D eigenvalue weighted by molar-refractivity contribution is 6.30. The van der Waals surface area contributed by atoms with Gasteiger partial charge in [-0.1, -0.05) is 23.7 Å². The van der Waals surface area contributed by atoms with Crippen molar-refractivity contribution in [2.24, 2.45) is 0 Å². The van der Waals surface area contributed by atoms with E-state index < -0.39 is 11.2 Å². The molecule has 0 N–H and O–H groups in total. The second-order valence-electron chi connectivity index (χ2n) is 4.37. The van der Waals surface area contributed by atoms with Crippen molar-refractivity contribution in [3.63, 3.8) is 0 Å². The molecule has 0 amide bonds. The summed E-state index contributed by atoms with van der Waals surface area (Å²) in [5, 5.41) is 10.1. The number of rotatable bonds is 3. The van der Waals surface area contributed by atoms with E-state index in [1.165, 1.54) is 0 Å². The van der Waals surface area contributed by atoms with Gasteiger partial charge < -0.3 is 9.47 Å². The Morgan fingerprint density at radius 3 is 2.12 bits per heavy atom. The molecule has 1 aliphatic rings. The van der Waals surface area contributed by atoms with Crippen molar-refractivity contribution in [2.75, 3.05) is 14.2 Å². The van der Waals surface area contributed by atoms with Gasteiger partial charge in [0.1, 0.15) is 0 Å². The summed E-state index contributed by atoms with van der Waals surface area (Å²) < 4.78 is 10.7. The normalized spacial score (nSPS) is 20.4. The highest BCUT2D eigenvalue weighted by atomic mass is 35.5. The average molecular weight is 252 g/mol. The highest BCUT2D eigenvalue weighted by Gasteiger charge is 2.57. The van der Waals surface area contributed by atoms with Gasteiger partial charge in [0.15, 0.2) is 5.79 Å². The van der Waals surface area contributed by atoms with Gasteiger partial charge in [0.25, 0.3) is 0 Å². The minimum absolute atomic E-state index is 0.517. The van der Waals surface area contributed by atoms with Gasteiger partial charge in [-0.25, -0.2) is 0 Å². The molecule has 0 atom stereocenters. The second-order valence-corrected chi connectivity index (χ2v) is 4.81. The lowest BCUT2D eigenvalue weighted by Crippen LogP contribution is -2.56. The summed E-state index contributed by atoms with van der Waals surface area (Å²) in [7, 11) is 3.21. The number of hydrogen-bond donors (Lipinski definition) is 0. The maximum absolute atomic E-state index is 9.39. The molecule has 1 fully saturated rings. The Morgan fingerprint density at radius 2 is 1.71 bits per heavy atom. The van der Waals surface area contributed by atoms with Crippen molar-refractivity contribution in [2.45, 2.75) is 24.0 Å². The van der Waals surface area contributed by atoms with Gasteiger partial charge in [0.2, 0.25) is 0 Å². The maximum atomic E-state index is 9.39. The molecule has 1 saturated carbocycles. The van der Waals surface area contributed by atoms with E-state index in [0.29, 0.717) is 17.9 Å². The van der Waals surface area contributed by atoms with Crippen molar-refractivity contribution in [3.8, 4) is 6.07 Å². The summed E-state index contributed by atoms with van der Waals surface area (Å²) in [5.74, 6) is -0.616. The Labute approximate surface area is 106 Å². The molecule has 0 heterocycles. The van der Waals surface area contributed by atoms with Gasteiger partial charge in [-0.2, -0.15) is 5.26 Å². The number of benzene rings is 1. The van der Waals surface area contributed by atoms with Gasteiger partial charge in [0, 0.05) is 32.1 Å². The maximum Gasteiger partial charge on any atom is 0.171 e. The number of ether oxygens (including phenoxy) is 2. The molecule has 1 aliphatic carbocycles. The van der Waals surface area contributed by atoms with E-state index in [0.717, 1.165) is 5.56 Å². The minimum atomic E-state index is -0.616. The van der Waals surface area contributed by atoms with Crippen molar-refractivity contribution in [1.29, 1.82) is 5.26 Å². The summed E-state index contributed by atoms with van der Waals surface area (Å²) in [5.41, 5.74) is 0.450. The van der Waals surface area contributed by atoms with Crippen LogP contribution in [-0.4, -0.2) is 20.0 Å². The van der Waals surface area contributed by atoms with Crippen LogP contribution in [0.15, 0.2) is 24.3 Å². The number of nitriles is 1. The minimum Gasteiger partial charge on any atom is -0.353 e. The third kappa shape index (κ3) is 1.93. The van der Waals surface area contributed by atoms with E-state index in [9.17, 15) is 5.26 Å². The first-order valence-corrected chi connectivity index (χ1v) is 5.75. The molecule has 1 aromatic rings. The van der Waals surface area contributed by atoms with Gasteiger partial charge >= 0.3 is 0 Å². The van der Waals surface area contributed by atoms with Crippen molar-refractivity contribution in [1.82, 2.24) is 0 Å². The summed E-state index contributed by atoms with van der Waals surface area (Å²) in [6, 6.07) is 9.75. The molecular weight excluding hydrogens is 238 g/mol. The van der Waals surface area contributed by atoms with E-state index in [2.05, 4.69) is 6.07 Å². The van der Waals surface area contributed by atoms with Crippen LogP contribution in [0.1, 0.15) is 18.4 Å². The molecule has 0 bridgehead atoms. The van der Waals surface area contributed by atoms with Crippen LogP contribution < -0.4 is 0 Å². The van der Waals surface area contributed by atoms with Crippen molar-refractivity contribution >= 4 is 11.6 Å². The fourth-order valence-corrected chi connectivity index (χ4v) is 2.48. The SMILES string of the molecule is COC1(OC)CC(C#N)(c2ccc(Cl)cc2)C1. The topological polar surface area (TPSA) is 42.2 Å². The Balaban J connectivity index is 2.26. The molecule has 0 saturated heterocycles.